The van der Waals surface area contributed by atoms with Gasteiger partial charge in [-0.05, 0) is 61.4 Å². The van der Waals surface area contributed by atoms with E-state index < -0.39 is 0 Å². The molecule has 1 saturated heterocycles. The lowest BCUT2D eigenvalue weighted by atomic mass is 9.75. The fourth-order valence-electron chi connectivity index (χ4n) is 4.27. The summed E-state index contributed by atoms with van der Waals surface area (Å²) < 4.78 is 0. The Hall–Kier alpha value is -1.35. The molecule has 0 aromatic heterocycles. The lowest BCUT2D eigenvalue weighted by Crippen LogP contribution is -2.52. The molecule has 1 atom stereocenters. The van der Waals surface area contributed by atoms with Crippen LogP contribution >= 0.6 is 11.6 Å². The van der Waals surface area contributed by atoms with Gasteiger partial charge >= 0.3 is 0 Å². The Balaban J connectivity index is 1.24. The van der Waals surface area contributed by atoms with Gasteiger partial charge in [0.15, 0.2) is 0 Å². The molecule has 0 spiro atoms. The van der Waals surface area contributed by atoms with Crippen molar-refractivity contribution in [2.24, 2.45) is 0 Å². The summed E-state index contributed by atoms with van der Waals surface area (Å²) in [5, 5.41) is 4.75. The van der Waals surface area contributed by atoms with Gasteiger partial charge in [0.1, 0.15) is 0 Å². The topological polar surface area (TPSA) is 15.3 Å². The zero-order valence-electron chi connectivity index (χ0n) is 14.7. The van der Waals surface area contributed by atoms with E-state index in [1.54, 1.807) is 0 Å². The van der Waals surface area contributed by atoms with Crippen molar-refractivity contribution in [1.82, 2.24) is 10.2 Å². The molecular formula is C22H27ClN2. The van der Waals surface area contributed by atoms with E-state index in [2.05, 4.69) is 52.7 Å². The molecule has 0 radical (unpaired) electrons. The normalized spacial score (nSPS) is 27.0. The monoisotopic (exact) mass is 354 g/mol. The van der Waals surface area contributed by atoms with Crippen molar-refractivity contribution >= 4 is 11.6 Å². The summed E-state index contributed by atoms with van der Waals surface area (Å²) in [6.07, 6.45) is 5.14. The molecule has 1 aliphatic heterocycles. The predicted octanol–water partition coefficient (Wildman–Crippen LogP) is 4.84. The summed E-state index contributed by atoms with van der Waals surface area (Å²) in [4.78, 5) is 2.60. The quantitative estimate of drug-likeness (QED) is 0.826. The first-order valence-electron chi connectivity index (χ1n) is 9.54. The van der Waals surface area contributed by atoms with Crippen molar-refractivity contribution in [3.63, 3.8) is 0 Å². The van der Waals surface area contributed by atoms with Crippen LogP contribution in [0.15, 0.2) is 54.6 Å². The van der Waals surface area contributed by atoms with Crippen molar-refractivity contribution < 1.29 is 0 Å². The molecular weight excluding hydrogens is 328 g/mol. The summed E-state index contributed by atoms with van der Waals surface area (Å²) in [6.45, 7) is 3.49. The van der Waals surface area contributed by atoms with Crippen molar-refractivity contribution in [3.8, 4) is 0 Å². The Morgan fingerprint density at radius 1 is 0.960 bits per heavy atom. The third-order valence-corrected chi connectivity index (χ3v) is 5.96. The summed E-state index contributed by atoms with van der Waals surface area (Å²) in [5.74, 6) is 0.707. The number of piperidine rings is 1. The van der Waals surface area contributed by atoms with E-state index in [1.165, 1.54) is 49.9 Å². The highest BCUT2D eigenvalue weighted by Gasteiger charge is 2.32. The Labute approximate surface area is 156 Å². The summed E-state index contributed by atoms with van der Waals surface area (Å²) in [7, 11) is 0. The predicted molar refractivity (Wildman–Crippen MR) is 105 cm³/mol. The number of halogens is 1. The summed E-state index contributed by atoms with van der Waals surface area (Å²) >= 11 is 5.99. The number of rotatable bonds is 5. The van der Waals surface area contributed by atoms with E-state index in [0.717, 1.165) is 11.6 Å². The standard InChI is InChI=1S/C22H27ClN2/c23-20-10-8-18(9-11-20)19-13-22(14-19)24-21-7-4-12-25(16-21)15-17-5-2-1-3-6-17/h1-3,5-6,8-11,19,21-22,24H,4,7,12-16H2. The minimum absolute atomic E-state index is 0.647. The molecule has 2 aliphatic rings. The highest BCUT2D eigenvalue weighted by Crippen LogP contribution is 2.37. The van der Waals surface area contributed by atoms with Crippen LogP contribution < -0.4 is 5.32 Å². The maximum atomic E-state index is 5.99. The van der Waals surface area contributed by atoms with Gasteiger partial charge in [-0.2, -0.15) is 0 Å². The van der Waals surface area contributed by atoms with Crippen LogP contribution in [0.5, 0.6) is 0 Å². The number of benzene rings is 2. The molecule has 1 N–H and O–H groups in total. The van der Waals surface area contributed by atoms with Crippen LogP contribution in [0.1, 0.15) is 42.7 Å². The molecule has 2 nitrogen and oxygen atoms in total. The first-order chi connectivity index (χ1) is 12.3. The summed E-state index contributed by atoms with van der Waals surface area (Å²) in [6, 6.07) is 20.6. The highest BCUT2D eigenvalue weighted by atomic mass is 35.5. The Morgan fingerprint density at radius 3 is 2.48 bits per heavy atom. The molecule has 1 heterocycles. The minimum Gasteiger partial charge on any atom is -0.310 e. The zero-order valence-corrected chi connectivity index (χ0v) is 15.5. The van der Waals surface area contributed by atoms with Gasteiger partial charge in [0.2, 0.25) is 0 Å². The van der Waals surface area contributed by atoms with Crippen molar-refractivity contribution in [1.29, 1.82) is 0 Å². The van der Waals surface area contributed by atoms with Crippen LogP contribution in [-0.2, 0) is 6.54 Å². The third-order valence-electron chi connectivity index (χ3n) is 5.71. The Bertz CT molecular complexity index is 664. The number of hydrogen-bond donors (Lipinski definition) is 1. The van der Waals surface area contributed by atoms with E-state index in [1.807, 2.05) is 12.1 Å². The number of nitrogens with one attached hydrogen (secondary N) is 1. The van der Waals surface area contributed by atoms with E-state index in [0.29, 0.717) is 18.0 Å². The minimum atomic E-state index is 0.647. The van der Waals surface area contributed by atoms with Crippen molar-refractivity contribution in [3.05, 3.63) is 70.7 Å². The second-order valence-corrected chi connectivity index (χ2v) is 8.08. The number of hydrogen-bond acceptors (Lipinski definition) is 2. The molecule has 2 aromatic carbocycles. The van der Waals surface area contributed by atoms with Crippen LogP contribution in [-0.4, -0.2) is 30.1 Å². The lowest BCUT2D eigenvalue weighted by Gasteiger charge is -2.41. The smallest absolute Gasteiger partial charge is 0.0406 e. The van der Waals surface area contributed by atoms with Crippen LogP contribution in [0.2, 0.25) is 5.02 Å². The molecule has 132 valence electrons. The van der Waals surface area contributed by atoms with Crippen molar-refractivity contribution in [2.75, 3.05) is 13.1 Å². The molecule has 4 rings (SSSR count). The molecule has 2 aromatic rings. The molecule has 3 heteroatoms. The highest BCUT2D eigenvalue weighted by molar-refractivity contribution is 6.30. The largest absolute Gasteiger partial charge is 0.310 e. The molecule has 0 amide bonds. The van der Waals surface area contributed by atoms with E-state index in [4.69, 9.17) is 11.6 Å². The van der Waals surface area contributed by atoms with Gasteiger partial charge < -0.3 is 5.32 Å². The average molecular weight is 355 g/mol. The Kier molecular flexibility index (Phi) is 5.40. The van der Waals surface area contributed by atoms with Crippen LogP contribution in [0.25, 0.3) is 0 Å². The molecule has 1 unspecified atom stereocenters. The molecule has 0 bridgehead atoms. The molecule has 25 heavy (non-hydrogen) atoms. The van der Waals surface area contributed by atoms with Crippen LogP contribution in [0.4, 0.5) is 0 Å². The maximum absolute atomic E-state index is 5.99. The van der Waals surface area contributed by atoms with Gasteiger partial charge in [0.05, 0.1) is 0 Å². The third kappa shape index (κ3) is 4.44. The SMILES string of the molecule is Clc1ccc(C2CC(NC3CCCN(Cc4ccccc4)C3)C2)cc1. The van der Waals surface area contributed by atoms with E-state index in [9.17, 15) is 0 Å². The van der Waals surface area contributed by atoms with Gasteiger partial charge in [-0.15, -0.1) is 0 Å². The molecule has 1 saturated carbocycles. The van der Waals surface area contributed by atoms with Crippen LogP contribution in [0.3, 0.4) is 0 Å². The number of likely N-dealkylation sites (tertiary alicyclic amines) is 1. The van der Waals surface area contributed by atoms with Gasteiger partial charge in [-0.25, -0.2) is 0 Å². The Morgan fingerprint density at radius 2 is 1.72 bits per heavy atom. The van der Waals surface area contributed by atoms with Gasteiger partial charge in [-0.3, -0.25) is 4.90 Å². The first kappa shape index (κ1) is 17.1. The maximum Gasteiger partial charge on any atom is 0.0406 e. The lowest BCUT2D eigenvalue weighted by molar-refractivity contribution is 0.156. The summed E-state index contributed by atoms with van der Waals surface area (Å²) in [5.41, 5.74) is 2.87. The van der Waals surface area contributed by atoms with Gasteiger partial charge in [-0.1, -0.05) is 54.1 Å². The average Bonchev–Trinajstić information content (AvgIpc) is 2.60. The van der Waals surface area contributed by atoms with E-state index >= 15 is 0 Å². The number of nitrogens with zero attached hydrogens (tertiary/aromatic N) is 1. The van der Waals surface area contributed by atoms with Crippen LogP contribution in [0, 0.1) is 0 Å². The fourth-order valence-corrected chi connectivity index (χ4v) is 4.40. The van der Waals surface area contributed by atoms with Gasteiger partial charge in [0, 0.05) is 30.2 Å². The molecule has 1 aliphatic carbocycles. The van der Waals surface area contributed by atoms with Crippen molar-refractivity contribution in [2.45, 2.75) is 50.2 Å². The zero-order chi connectivity index (χ0) is 17.1. The van der Waals surface area contributed by atoms with Gasteiger partial charge in [0.25, 0.3) is 0 Å². The first-order valence-corrected chi connectivity index (χ1v) is 9.92. The second-order valence-electron chi connectivity index (χ2n) is 7.64. The van der Waals surface area contributed by atoms with E-state index in [-0.39, 0.29) is 0 Å². The second kappa shape index (κ2) is 7.90. The fraction of sp³-hybridized carbons (Fsp3) is 0.455. The molecule has 2 fully saturated rings.